The van der Waals surface area contributed by atoms with Gasteiger partial charge in [-0.3, -0.25) is 14.5 Å². The summed E-state index contributed by atoms with van der Waals surface area (Å²) in [7, 11) is 1.50. The van der Waals surface area contributed by atoms with E-state index < -0.39 is 29.9 Å². The number of esters is 1. The molecule has 2 heterocycles. The van der Waals surface area contributed by atoms with E-state index in [9.17, 15) is 14.4 Å². The molecule has 1 amide bonds. The molecule has 27 heavy (non-hydrogen) atoms. The molecular weight excluding hydrogens is 400 g/mol. The van der Waals surface area contributed by atoms with Crippen LogP contribution in [0.2, 0.25) is 0 Å². The van der Waals surface area contributed by atoms with E-state index in [0.717, 1.165) is 0 Å². The summed E-state index contributed by atoms with van der Waals surface area (Å²) in [5.74, 6) is -0.282. The molecule has 154 valence electrons. The first-order valence-electron chi connectivity index (χ1n) is 8.07. The van der Waals surface area contributed by atoms with Gasteiger partial charge in [0, 0.05) is 25.4 Å². The van der Waals surface area contributed by atoms with Crippen molar-refractivity contribution in [3.8, 4) is 0 Å². The lowest BCUT2D eigenvalue weighted by Gasteiger charge is -2.47. The molecule has 2 aliphatic heterocycles. The van der Waals surface area contributed by atoms with Gasteiger partial charge in [-0.05, 0) is 20.8 Å². The number of thioether (sulfide) groups is 1. The summed E-state index contributed by atoms with van der Waals surface area (Å²) in [6.45, 7) is 6.64. The number of ether oxygens (including phenoxy) is 4. The van der Waals surface area contributed by atoms with Crippen molar-refractivity contribution in [3.63, 3.8) is 0 Å². The van der Waals surface area contributed by atoms with Crippen LogP contribution < -0.4 is 5.73 Å². The van der Waals surface area contributed by atoms with E-state index in [1.54, 1.807) is 20.8 Å². The number of amides is 1. The van der Waals surface area contributed by atoms with E-state index in [4.69, 9.17) is 24.7 Å². The minimum absolute atomic E-state index is 0. The Bertz CT molecular complexity index is 635. The predicted octanol–water partition coefficient (Wildman–Crippen LogP) is 1.60. The maximum atomic E-state index is 12.1. The fraction of sp³-hybridized carbons (Fsp3) is 0.688. The standard InChI is InChI=1S/C16H24N2O7S.ClH/c1-8(23-14(20)16(2,3)4)24-15(21)25-12-9(6-22-5)7-26-13-10(17)11(19)18(12)13;/h8,10,13H,6-7,17H2,1-5H3;1H/t8?,10?,13-;/m0./s1. The molecule has 0 aromatic heterocycles. The Morgan fingerprint density at radius 1 is 1.33 bits per heavy atom. The highest BCUT2D eigenvalue weighted by molar-refractivity contribution is 8.00. The van der Waals surface area contributed by atoms with Crippen LogP contribution in [0.5, 0.6) is 0 Å². The summed E-state index contributed by atoms with van der Waals surface area (Å²) in [4.78, 5) is 37.2. The molecular formula is C16H25ClN2O7S. The second kappa shape index (κ2) is 9.13. The van der Waals surface area contributed by atoms with Crippen LogP contribution in [0.3, 0.4) is 0 Å². The summed E-state index contributed by atoms with van der Waals surface area (Å²) in [5.41, 5.74) is 5.67. The number of carbonyl (C=O) groups is 3. The van der Waals surface area contributed by atoms with Gasteiger partial charge >= 0.3 is 12.1 Å². The quantitative estimate of drug-likeness (QED) is 0.398. The number of nitrogens with two attached hydrogens (primary N) is 1. The van der Waals surface area contributed by atoms with Gasteiger partial charge in [-0.25, -0.2) is 4.79 Å². The molecule has 2 unspecified atom stereocenters. The fourth-order valence-corrected chi connectivity index (χ4v) is 3.54. The van der Waals surface area contributed by atoms with Gasteiger partial charge < -0.3 is 24.7 Å². The molecule has 11 heteroatoms. The van der Waals surface area contributed by atoms with Crippen LogP contribution in [0.25, 0.3) is 0 Å². The third kappa shape index (κ3) is 5.28. The topological polar surface area (TPSA) is 117 Å². The Labute approximate surface area is 168 Å². The van der Waals surface area contributed by atoms with E-state index in [1.165, 1.54) is 30.7 Å². The number of β-lactam (4-membered cyclic amide) rings is 1. The van der Waals surface area contributed by atoms with Gasteiger partial charge in [0.1, 0.15) is 11.4 Å². The Kier molecular flexibility index (Phi) is 7.97. The van der Waals surface area contributed by atoms with Crippen LogP contribution in [0, 0.1) is 5.41 Å². The smallest absolute Gasteiger partial charge is 0.425 e. The highest BCUT2D eigenvalue weighted by Gasteiger charge is 2.51. The molecule has 0 aromatic carbocycles. The summed E-state index contributed by atoms with van der Waals surface area (Å²) >= 11 is 1.47. The second-order valence-electron chi connectivity index (χ2n) is 6.97. The van der Waals surface area contributed by atoms with Crippen molar-refractivity contribution in [2.45, 2.75) is 45.4 Å². The molecule has 2 rings (SSSR count). The molecule has 0 saturated carbocycles. The number of nitrogens with zero attached hydrogens (tertiary/aromatic N) is 1. The third-order valence-electron chi connectivity index (χ3n) is 3.68. The molecule has 9 nitrogen and oxygen atoms in total. The summed E-state index contributed by atoms with van der Waals surface area (Å²) in [6, 6.07) is -0.634. The van der Waals surface area contributed by atoms with E-state index >= 15 is 0 Å². The molecule has 0 spiro atoms. The van der Waals surface area contributed by atoms with E-state index in [2.05, 4.69) is 0 Å². The molecule has 0 aromatic rings. The van der Waals surface area contributed by atoms with Crippen molar-refractivity contribution in [1.82, 2.24) is 4.90 Å². The van der Waals surface area contributed by atoms with Crippen LogP contribution >= 0.6 is 24.2 Å². The Balaban J connectivity index is 0.00000364. The van der Waals surface area contributed by atoms with Crippen molar-refractivity contribution in [1.29, 1.82) is 0 Å². The molecule has 2 N–H and O–H groups in total. The van der Waals surface area contributed by atoms with E-state index in [0.29, 0.717) is 11.3 Å². The number of fused-ring (bicyclic) bond motifs is 1. The zero-order valence-corrected chi connectivity index (χ0v) is 17.5. The first kappa shape index (κ1) is 23.5. The van der Waals surface area contributed by atoms with Crippen molar-refractivity contribution in [3.05, 3.63) is 11.5 Å². The van der Waals surface area contributed by atoms with Gasteiger partial charge in [0.15, 0.2) is 0 Å². The zero-order valence-electron chi connectivity index (χ0n) is 15.8. The summed E-state index contributed by atoms with van der Waals surface area (Å²) in [6.07, 6.45) is -2.22. The Morgan fingerprint density at radius 2 is 1.96 bits per heavy atom. The average Bonchev–Trinajstić information content (AvgIpc) is 2.54. The van der Waals surface area contributed by atoms with Crippen LogP contribution in [-0.2, 0) is 28.5 Å². The van der Waals surface area contributed by atoms with Gasteiger partial charge in [0.25, 0.3) is 0 Å². The molecule has 2 aliphatic rings. The van der Waals surface area contributed by atoms with Crippen LogP contribution in [0.15, 0.2) is 11.5 Å². The van der Waals surface area contributed by atoms with Crippen molar-refractivity contribution in [2.24, 2.45) is 11.1 Å². The maximum absolute atomic E-state index is 12.1. The molecule has 0 aliphatic carbocycles. The number of carbonyl (C=O) groups excluding carboxylic acids is 3. The first-order chi connectivity index (χ1) is 12.1. The minimum atomic E-state index is -1.14. The summed E-state index contributed by atoms with van der Waals surface area (Å²) in [5, 5.41) is -0.290. The fourth-order valence-electron chi connectivity index (χ4n) is 2.29. The zero-order chi connectivity index (χ0) is 19.6. The Hall–Kier alpha value is -1.49. The number of hydrogen-bond donors (Lipinski definition) is 1. The largest absolute Gasteiger partial charge is 0.518 e. The lowest BCUT2D eigenvalue weighted by atomic mass is 9.97. The third-order valence-corrected chi connectivity index (χ3v) is 5.04. The van der Waals surface area contributed by atoms with Crippen LogP contribution in [-0.4, -0.2) is 60.1 Å². The average molecular weight is 425 g/mol. The van der Waals surface area contributed by atoms with Gasteiger partial charge in [0.2, 0.25) is 18.1 Å². The Morgan fingerprint density at radius 3 is 2.52 bits per heavy atom. The molecule has 1 saturated heterocycles. The monoisotopic (exact) mass is 424 g/mol. The normalized spacial score (nSPS) is 22.9. The van der Waals surface area contributed by atoms with Crippen LogP contribution in [0.4, 0.5) is 4.79 Å². The number of methoxy groups -OCH3 is 1. The lowest BCUT2D eigenvalue weighted by molar-refractivity contribution is -0.177. The van der Waals surface area contributed by atoms with E-state index in [-0.39, 0.29) is 36.2 Å². The van der Waals surface area contributed by atoms with E-state index in [1.807, 2.05) is 0 Å². The van der Waals surface area contributed by atoms with Gasteiger partial charge in [-0.15, -0.1) is 24.2 Å². The summed E-state index contributed by atoms with van der Waals surface area (Å²) < 4.78 is 20.3. The van der Waals surface area contributed by atoms with Crippen LogP contribution in [0.1, 0.15) is 27.7 Å². The number of hydrogen-bond acceptors (Lipinski definition) is 9. The first-order valence-corrected chi connectivity index (χ1v) is 9.12. The van der Waals surface area contributed by atoms with Gasteiger partial charge in [-0.2, -0.15) is 0 Å². The number of rotatable bonds is 5. The highest BCUT2D eigenvalue weighted by atomic mass is 35.5. The van der Waals surface area contributed by atoms with Crippen molar-refractivity contribution in [2.75, 3.05) is 19.5 Å². The predicted molar refractivity (Wildman–Crippen MR) is 99.8 cm³/mol. The SMILES string of the molecule is COCC1=C(OC(=O)OC(C)OC(=O)C(C)(C)C)N2C(=O)C(N)[C@@H]2SC1.Cl. The molecule has 3 atom stereocenters. The molecule has 0 bridgehead atoms. The number of halogens is 1. The maximum Gasteiger partial charge on any atom is 0.518 e. The lowest BCUT2D eigenvalue weighted by Crippen LogP contribution is -2.68. The second-order valence-corrected chi connectivity index (χ2v) is 8.08. The molecule has 1 fully saturated rings. The van der Waals surface area contributed by atoms with Gasteiger partial charge in [-0.1, -0.05) is 0 Å². The minimum Gasteiger partial charge on any atom is -0.425 e. The molecule has 0 radical (unpaired) electrons. The van der Waals surface area contributed by atoms with Crippen molar-refractivity contribution < 1.29 is 33.3 Å². The highest BCUT2D eigenvalue weighted by Crippen LogP contribution is 2.39. The van der Waals surface area contributed by atoms with Gasteiger partial charge in [0.05, 0.1) is 12.0 Å². The van der Waals surface area contributed by atoms with Crippen molar-refractivity contribution >= 4 is 42.2 Å².